The predicted octanol–water partition coefficient (Wildman–Crippen LogP) is 2.77. The van der Waals surface area contributed by atoms with Crippen LogP contribution in [-0.2, 0) is 0 Å². The summed E-state index contributed by atoms with van der Waals surface area (Å²) in [6.07, 6.45) is 1.59. The number of carboxylic acids is 1. The molecule has 0 atom stereocenters. The van der Waals surface area contributed by atoms with Crippen LogP contribution < -0.4 is 0 Å². The van der Waals surface area contributed by atoms with Gasteiger partial charge in [-0.05, 0) is 42.5 Å². The Morgan fingerprint density at radius 2 is 1.90 bits per heavy atom. The Balaban J connectivity index is 2.19. The first-order chi connectivity index (χ1) is 10.1. The van der Waals surface area contributed by atoms with E-state index in [-0.39, 0.29) is 11.5 Å². The van der Waals surface area contributed by atoms with E-state index in [0.29, 0.717) is 17.1 Å². The SMILES string of the molecule is O=C(O)c1cc(-c2ccc(F)cc2)n(-c2ccccn2)n1. The average Bonchev–Trinajstić information content (AvgIpc) is 2.94. The molecule has 5 nitrogen and oxygen atoms in total. The summed E-state index contributed by atoms with van der Waals surface area (Å²) in [5.41, 5.74) is 1.09. The van der Waals surface area contributed by atoms with E-state index >= 15 is 0 Å². The summed E-state index contributed by atoms with van der Waals surface area (Å²) in [6, 6.07) is 12.4. The van der Waals surface area contributed by atoms with E-state index in [9.17, 15) is 9.18 Å². The van der Waals surface area contributed by atoms with Crippen molar-refractivity contribution < 1.29 is 14.3 Å². The second-order valence-corrected chi connectivity index (χ2v) is 4.33. The van der Waals surface area contributed by atoms with E-state index in [2.05, 4.69) is 10.1 Å². The predicted molar refractivity (Wildman–Crippen MR) is 73.7 cm³/mol. The highest BCUT2D eigenvalue weighted by Gasteiger charge is 2.16. The Morgan fingerprint density at radius 3 is 2.52 bits per heavy atom. The number of hydrogen-bond donors (Lipinski definition) is 1. The third-order valence-electron chi connectivity index (χ3n) is 2.93. The molecule has 1 aromatic carbocycles. The Hall–Kier alpha value is -3.02. The number of nitrogens with zero attached hydrogens (tertiary/aromatic N) is 3. The van der Waals surface area contributed by atoms with Crippen molar-refractivity contribution in [3.8, 4) is 17.1 Å². The summed E-state index contributed by atoms with van der Waals surface area (Å²) in [6.45, 7) is 0. The van der Waals surface area contributed by atoms with Crippen LogP contribution in [0.5, 0.6) is 0 Å². The number of pyridine rings is 1. The molecule has 0 aliphatic carbocycles. The minimum absolute atomic E-state index is 0.0972. The normalized spacial score (nSPS) is 10.5. The van der Waals surface area contributed by atoms with Gasteiger partial charge in [0.15, 0.2) is 11.5 Å². The van der Waals surface area contributed by atoms with Crippen molar-refractivity contribution in [3.05, 3.63) is 66.2 Å². The molecule has 0 unspecified atom stereocenters. The lowest BCUT2D eigenvalue weighted by Crippen LogP contribution is -2.03. The van der Waals surface area contributed by atoms with Crippen LogP contribution in [0.25, 0.3) is 17.1 Å². The number of hydrogen-bond acceptors (Lipinski definition) is 3. The highest BCUT2D eigenvalue weighted by Crippen LogP contribution is 2.23. The molecule has 0 amide bonds. The number of benzene rings is 1. The van der Waals surface area contributed by atoms with Crippen LogP contribution in [-0.4, -0.2) is 25.8 Å². The first kappa shape index (κ1) is 13.0. The molecule has 1 N–H and O–H groups in total. The summed E-state index contributed by atoms with van der Waals surface area (Å²) < 4.78 is 14.5. The smallest absolute Gasteiger partial charge is 0.356 e. The van der Waals surface area contributed by atoms with E-state index in [0.717, 1.165) is 0 Å². The van der Waals surface area contributed by atoms with Crippen molar-refractivity contribution >= 4 is 5.97 Å². The lowest BCUT2D eigenvalue weighted by molar-refractivity contribution is 0.0690. The van der Waals surface area contributed by atoms with Gasteiger partial charge in [0.25, 0.3) is 0 Å². The molecule has 0 radical (unpaired) electrons. The van der Waals surface area contributed by atoms with Gasteiger partial charge in [0.05, 0.1) is 5.69 Å². The van der Waals surface area contributed by atoms with Crippen molar-refractivity contribution in [1.29, 1.82) is 0 Å². The van der Waals surface area contributed by atoms with Crippen molar-refractivity contribution in [1.82, 2.24) is 14.8 Å². The number of rotatable bonds is 3. The molecule has 0 bridgehead atoms. The average molecular weight is 283 g/mol. The molecule has 0 saturated carbocycles. The number of carbonyl (C=O) groups is 1. The van der Waals surface area contributed by atoms with Gasteiger partial charge in [-0.1, -0.05) is 6.07 Å². The standard InChI is InChI=1S/C15H10FN3O2/c16-11-6-4-10(5-7-11)13-9-12(15(20)21)18-19(13)14-3-1-2-8-17-14/h1-9H,(H,20,21). The Morgan fingerprint density at radius 1 is 1.14 bits per heavy atom. The van der Waals surface area contributed by atoms with E-state index in [4.69, 9.17) is 5.11 Å². The largest absolute Gasteiger partial charge is 0.476 e. The van der Waals surface area contributed by atoms with E-state index in [1.165, 1.54) is 22.9 Å². The van der Waals surface area contributed by atoms with Gasteiger partial charge in [-0.3, -0.25) is 0 Å². The third kappa shape index (κ3) is 2.51. The zero-order valence-electron chi connectivity index (χ0n) is 10.8. The van der Waals surface area contributed by atoms with Crippen LogP contribution in [0.3, 0.4) is 0 Å². The molecule has 0 saturated heterocycles. The maximum atomic E-state index is 13.0. The fourth-order valence-corrected chi connectivity index (χ4v) is 1.97. The van der Waals surface area contributed by atoms with Crippen LogP contribution in [0.15, 0.2) is 54.7 Å². The molecule has 0 aliphatic heterocycles. The van der Waals surface area contributed by atoms with Gasteiger partial charge in [0.2, 0.25) is 0 Å². The van der Waals surface area contributed by atoms with Crippen molar-refractivity contribution in [3.63, 3.8) is 0 Å². The summed E-state index contributed by atoms with van der Waals surface area (Å²) in [5, 5.41) is 13.1. The number of aromatic carboxylic acids is 1. The molecule has 3 rings (SSSR count). The number of halogens is 1. The zero-order valence-corrected chi connectivity index (χ0v) is 10.8. The summed E-state index contributed by atoms with van der Waals surface area (Å²) >= 11 is 0. The van der Waals surface area contributed by atoms with Crippen LogP contribution in [0.1, 0.15) is 10.5 Å². The highest BCUT2D eigenvalue weighted by atomic mass is 19.1. The van der Waals surface area contributed by atoms with E-state index < -0.39 is 5.97 Å². The molecule has 6 heteroatoms. The lowest BCUT2D eigenvalue weighted by atomic mass is 10.1. The Labute approximate surface area is 119 Å². The van der Waals surface area contributed by atoms with Gasteiger partial charge < -0.3 is 5.11 Å². The molecular weight excluding hydrogens is 273 g/mol. The number of carboxylic acid groups (broad SMARTS) is 1. The van der Waals surface area contributed by atoms with Gasteiger partial charge in [0, 0.05) is 11.8 Å². The molecule has 0 fully saturated rings. The van der Waals surface area contributed by atoms with Gasteiger partial charge in [-0.15, -0.1) is 0 Å². The van der Waals surface area contributed by atoms with Crippen LogP contribution >= 0.6 is 0 Å². The Bertz CT molecular complexity index is 782. The second kappa shape index (κ2) is 5.16. The molecule has 0 aliphatic rings. The lowest BCUT2D eigenvalue weighted by Gasteiger charge is -2.06. The summed E-state index contributed by atoms with van der Waals surface area (Å²) in [5.74, 6) is -1.00. The molecule has 3 aromatic rings. The zero-order chi connectivity index (χ0) is 14.8. The van der Waals surface area contributed by atoms with E-state index in [1.807, 2.05) is 0 Å². The molecule has 104 valence electrons. The number of aromatic nitrogens is 3. The fraction of sp³-hybridized carbons (Fsp3) is 0. The van der Waals surface area contributed by atoms with E-state index in [1.54, 1.807) is 36.5 Å². The monoisotopic (exact) mass is 283 g/mol. The summed E-state index contributed by atoms with van der Waals surface area (Å²) in [4.78, 5) is 15.3. The first-order valence-electron chi connectivity index (χ1n) is 6.16. The van der Waals surface area contributed by atoms with Crippen molar-refractivity contribution in [2.24, 2.45) is 0 Å². The van der Waals surface area contributed by atoms with Gasteiger partial charge in [-0.25, -0.2) is 18.9 Å². The van der Waals surface area contributed by atoms with Crippen LogP contribution in [0.2, 0.25) is 0 Å². The highest BCUT2D eigenvalue weighted by molar-refractivity contribution is 5.87. The second-order valence-electron chi connectivity index (χ2n) is 4.33. The quantitative estimate of drug-likeness (QED) is 0.802. The molecular formula is C15H10FN3O2. The molecule has 21 heavy (non-hydrogen) atoms. The summed E-state index contributed by atoms with van der Waals surface area (Å²) in [7, 11) is 0. The maximum absolute atomic E-state index is 13.0. The first-order valence-corrected chi connectivity index (χ1v) is 6.16. The molecule has 2 aromatic heterocycles. The van der Waals surface area contributed by atoms with Crippen LogP contribution in [0, 0.1) is 5.82 Å². The fourth-order valence-electron chi connectivity index (χ4n) is 1.97. The molecule has 0 spiro atoms. The van der Waals surface area contributed by atoms with Gasteiger partial charge >= 0.3 is 5.97 Å². The maximum Gasteiger partial charge on any atom is 0.356 e. The molecule has 2 heterocycles. The van der Waals surface area contributed by atoms with Crippen molar-refractivity contribution in [2.75, 3.05) is 0 Å². The minimum Gasteiger partial charge on any atom is -0.476 e. The van der Waals surface area contributed by atoms with Gasteiger partial charge in [0.1, 0.15) is 5.82 Å². The minimum atomic E-state index is -1.13. The van der Waals surface area contributed by atoms with Gasteiger partial charge in [-0.2, -0.15) is 5.10 Å². The van der Waals surface area contributed by atoms with Crippen LogP contribution in [0.4, 0.5) is 4.39 Å². The Kier molecular flexibility index (Phi) is 3.19. The van der Waals surface area contributed by atoms with Crippen molar-refractivity contribution in [2.45, 2.75) is 0 Å². The third-order valence-corrected chi connectivity index (χ3v) is 2.93. The topological polar surface area (TPSA) is 68.0 Å².